The topological polar surface area (TPSA) is 49.0 Å². The van der Waals surface area contributed by atoms with Gasteiger partial charge in [-0.3, -0.25) is 9.89 Å². The molecule has 1 aromatic rings. The highest BCUT2D eigenvalue weighted by molar-refractivity contribution is 9.09. The third kappa shape index (κ3) is 2.29. The zero-order valence-corrected chi connectivity index (χ0v) is 10.9. The van der Waals surface area contributed by atoms with Crippen LogP contribution in [0.25, 0.3) is 0 Å². The summed E-state index contributed by atoms with van der Waals surface area (Å²) >= 11 is 3.67. The lowest BCUT2D eigenvalue weighted by Gasteiger charge is -2.34. The summed E-state index contributed by atoms with van der Waals surface area (Å²) in [5, 5.41) is 6.52. The second-order valence-corrected chi connectivity index (χ2v) is 5.43. The van der Waals surface area contributed by atoms with E-state index < -0.39 is 0 Å². The number of hydrogen-bond acceptors (Lipinski definition) is 2. The highest BCUT2D eigenvalue weighted by Crippen LogP contribution is 2.28. The zero-order chi connectivity index (χ0) is 11.5. The molecule has 16 heavy (non-hydrogen) atoms. The van der Waals surface area contributed by atoms with Gasteiger partial charge in [0.15, 0.2) is 0 Å². The fourth-order valence-corrected chi connectivity index (χ4v) is 3.16. The van der Waals surface area contributed by atoms with Gasteiger partial charge >= 0.3 is 0 Å². The number of nitrogens with one attached hydrogen (secondary N) is 1. The van der Waals surface area contributed by atoms with Gasteiger partial charge in [-0.15, -0.1) is 0 Å². The van der Waals surface area contributed by atoms with Gasteiger partial charge in [0.1, 0.15) is 5.69 Å². The van der Waals surface area contributed by atoms with Crippen LogP contribution in [0.15, 0.2) is 12.3 Å². The van der Waals surface area contributed by atoms with E-state index in [4.69, 9.17) is 0 Å². The molecule has 1 aromatic heterocycles. The molecule has 1 saturated carbocycles. The molecule has 4 nitrogen and oxygen atoms in total. The van der Waals surface area contributed by atoms with Gasteiger partial charge in [0, 0.05) is 24.1 Å². The average molecular weight is 286 g/mol. The molecule has 1 fully saturated rings. The number of carbonyl (C=O) groups excluding carboxylic acids is 1. The van der Waals surface area contributed by atoms with Gasteiger partial charge in [0.05, 0.1) is 0 Å². The molecular weight excluding hydrogens is 270 g/mol. The lowest BCUT2D eigenvalue weighted by Crippen LogP contribution is -2.44. The number of rotatable bonds is 2. The number of hydrogen-bond donors (Lipinski definition) is 1. The molecule has 0 spiro atoms. The van der Waals surface area contributed by atoms with Crippen LogP contribution >= 0.6 is 15.9 Å². The molecule has 88 valence electrons. The van der Waals surface area contributed by atoms with Crippen LogP contribution in [0.3, 0.4) is 0 Å². The van der Waals surface area contributed by atoms with Crippen LogP contribution in [0.1, 0.15) is 36.2 Å². The Kier molecular flexibility index (Phi) is 3.63. The van der Waals surface area contributed by atoms with E-state index >= 15 is 0 Å². The van der Waals surface area contributed by atoms with Crippen molar-refractivity contribution < 1.29 is 4.79 Å². The maximum atomic E-state index is 12.1. The summed E-state index contributed by atoms with van der Waals surface area (Å²) in [6.45, 7) is 0. The van der Waals surface area contributed by atoms with Gasteiger partial charge in [-0.25, -0.2) is 0 Å². The van der Waals surface area contributed by atoms with E-state index in [1.165, 1.54) is 12.8 Å². The van der Waals surface area contributed by atoms with Crippen molar-refractivity contribution in [2.24, 2.45) is 0 Å². The van der Waals surface area contributed by atoms with E-state index in [-0.39, 0.29) is 5.91 Å². The predicted molar refractivity (Wildman–Crippen MR) is 65.7 cm³/mol. The molecule has 0 bridgehead atoms. The second kappa shape index (κ2) is 4.99. The van der Waals surface area contributed by atoms with Gasteiger partial charge < -0.3 is 4.90 Å². The van der Waals surface area contributed by atoms with E-state index in [2.05, 4.69) is 26.1 Å². The number of halogens is 1. The SMILES string of the molecule is CN(C(=O)c1ccn[nH]1)C1CCCCC1Br. The zero-order valence-electron chi connectivity index (χ0n) is 9.32. The third-order valence-corrected chi connectivity index (χ3v) is 4.26. The molecular formula is C11H16BrN3O. The third-order valence-electron chi connectivity index (χ3n) is 3.20. The number of nitrogens with zero attached hydrogens (tertiary/aromatic N) is 2. The lowest BCUT2D eigenvalue weighted by atomic mass is 9.94. The first kappa shape index (κ1) is 11.6. The molecule has 1 amide bonds. The molecule has 1 aliphatic rings. The summed E-state index contributed by atoms with van der Waals surface area (Å²) in [5.74, 6) is 0.0221. The van der Waals surface area contributed by atoms with Crippen LogP contribution in [-0.2, 0) is 0 Å². The molecule has 0 aliphatic heterocycles. The molecule has 2 rings (SSSR count). The number of alkyl halides is 1. The summed E-state index contributed by atoms with van der Waals surface area (Å²) < 4.78 is 0. The predicted octanol–water partition coefficient (Wildman–Crippen LogP) is 2.19. The average Bonchev–Trinajstić information content (AvgIpc) is 2.81. The van der Waals surface area contributed by atoms with Gasteiger partial charge in [-0.1, -0.05) is 28.8 Å². The smallest absolute Gasteiger partial charge is 0.271 e. The standard InChI is InChI=1S/C11H16BrN3O/c1-15(10-5-3-2-4-8(10)12)11(16)9-6-7-13-14-9/h6-8,10H,2-5H2,1H3,(H,13,14). The molecule has 1 N–H and O–H groups in total. The van der Waals surface area contributed by atoms with Gasteiger partial charge in [-0.2, -0.15) is 5.10 Å². The summed E-state index contributed by atoms with van der Waals surface area (Å²) in [4.78, 5) is 14.3. The van der Waals surface area contributed by atoms with Crippen LogP contribution in [0.4, 0.5) is 0 Å². The minimum atomic E-state index is 0.0221. The van der Waals surface area contributed by atoms with Crippen LogP contribution in [-0.4, -0.2) is 38.9 Å². The van der Waals surface area contributed by atoms with Crippen molar-refractivity contribution >= 4 is 21.8 Å². The Morgan fingerprint density at radius 1 is 1.56 bits per heavy atom. The fourth-order valence-electron chi connectivity index (χ4n) is 2.22. The molecule has 2 atom stereocenters. The highest BCUT2D eigenvalue weighted by atomic mass is 79.9. The second-order valence-electron chi connectivity index (χ2n) is 4.25. The Morgan fingerprint density at radius 3 is 2.94 bits per heavy atom. The Hall–Kier alpha value is -0.840. The summed E-state index contributed by atoms with van der Waals surface area (Å²) in [5.41, 5.74) is 0.563. The number of amides is 1. The number of aromatic nitrogens is 2. The molecule has 0 aromatic carbocycles. The van der Waals surface area contributed by atoms with Crippen molar-refractivity contribution in [2.75, 3.05) is 7.05 Å². The lowest BCUT2D eigenvalue weighted by molar-refractivity contribution is 0.0699. The maximum absolute atomic E-state index is 12.1. The van der Waals surface area contributed by atoms with E-state index in [1.807, 2.05) is 11.9 Å². The summed E-state index contributed by atoms with van der Waals surface area (Å²) in [7, 11) is 1.87. The highest BCUT2D eigenvalue weighted by Gasteiger charge is 2.29. The Labute approximate surface area is 104 Å². The first-order valence-corrected chi connectivity index (χ1v) is 6.52. The van der Waals surface area contributed by atoms with E-state index in [0.29, 0.717) is 16.6 Å². The molecule has 0 radical (unpaired) electrons. The molecule has 1 aliphatic carbocycles. The fraction of sp³-hybridized carbons (Fsp3) is 0.636. The van der Waals surface area contributed by atoms with E-state index in [0.717, 1.165) is 12.8 Å². The first-order valence-electron chi connectivity index (χ1n) is 5.61. The molecule has 0 saturated heterocycles. The normalized spacial score (nSPS) is 25.4. The monoisotopic (exact) mass is 285 g/mol. The van der Waals surface area contributed by atoms with Crippen LogP contribution in [0, 0.1) is 0 Å². The van der Waals surface area contributed by atoms with Crippen molar-refractivity contribution in [2.45, 2.75) is 36.6 Å². The van der Waals surface area contributed by atoms with Crippen LogP contribution in [0.5, 0.6) is 0 Å². The van der Waals surface area contributed by atoms with Crippen LogP contribution in [0.2, 0.25) is 0 Å². The number of carbonyl (C=O) groups is 1. The molecule has 2 unspecified atom stereocenters. The van der Waals surface area contributed by atoms with Crippen molar-refractivity contribution in [3.63, 3.8) is 0 Å². The van der Waals surface area contributed by atoms with Gasteiger partial charge in [0.2, 0.25) is 0 Å². The quantitative estimate of drug-likeness (QED) is 0.847. The Morgan fingerprint density at radius 2 is 2.31 bits per heavy atom. The number of aromatic amines is 1. The van der Waals surface area contributed by atoms with Gasteiger partial charge in [0.25, 0.3) is 5.91 Å². The van der Waals surface area contributed by atoms with Gasteiger partial charge in [-0.05, 0) is 18.9 Å². The summed E-state index contributed by atoms with van der Waals surface area (Å²) in [6, 6.07) is 2.01. The Bertz CT molecular complexity index is 352. The molecule has 5 heteroatoms. The first-order chi connectivity index (χ1) is 7.70. The number of H-pyrrole nitrogens is 1. The van der Waals surface area contributed by atoms with Crippen molar-refractivity contribution in [3.8, 4) is 0 Å². The summed E-state index contributed by atoms with van der Waals surface area (Å²) in [6.07, 6.45) is 6.27. The van der Waals surface area contributed by atoms with E-state index in [1.54, 1.807) is 12.3 Å². The van der Waals surface area contributed by atoms with Crippen molar-refractivity contribution in [1.82, 2.24) is 15.1 Å². The largest absolute Gasteiger partial charge is 0.336 e. The van der Waals surface area contributed by atoms with Crippen molar-refractivity contribution in [3.05, 3.63) is 18.0 Å². The molecule has 1 heterocycles. The minimum Gasteiger partial charge on any atom is -0.336 e. The van der Waals surface area contributed by atoms with Crippen LogP contribution < -0.4 is 0 Å². The van der Waals surface area contributed by atoms with E-state index in [9.17, 15) is 4.79 Å². The Balaban J connectivity index is 2.06. The minimum absolute atomic E-state index is 0.0221. The van der Waals surface area contributed by atoms with Crippen molar-refractivity contribution in [1.29, 1.82) is 0 Å². The maximum Gasteiger partial charge on any atom is 0.271 e.